The summed E-state index contributed by atoms with van der Waals surface area (Å²) in [5.41, 5.74) is 3.28. The summed E-state index contributed by atoms with van der Waals surface area (Å²) in [6, 6.07) is 14.6. The number of oxazole rings is 1. The van der Waals surface area contributed by atoms with Gasteiger partial charge in [-0.2, -0.15) is 0 Å². The number of carbonyl (C=O) groups excluding carboxylic acids is 1. The first-order valence-electron chi connectivity index (χ1n) is 10.6. The van der Waals surface area contributed by atoms with Gasteiger partial charge in [-0.05, 0) is 35.7 Å². The van der Waals surface area contributed by atoms with E-state index < -0.39 is 11.7 Å². The first kappa shape index (κ1) is 21.2. The van der Waals surface area contributed by atoms with E-state index in [4.69, 9.17) is 4.42 Å². The normalized spacial score (nSPS) is 15.2. The number of rotatable bonds is 7. The molecule has 1 saturated heterocycles. The Morgan fingerprint density at radius 1 is 1.03 bits per heavy atom. The molecule has 2 aromatic carbocycles. The molecular formula is C24H27FN4O2. The van der Waals surface area contributed by atoms with E-state index in [-0.39, 0.29) is 5.69 Å². The fraction of sp³-hybridized carbons (Fsp3) is 0.333. The number of aryl methyl sites for hydroxylation is 1. The lowest BCUT2D eigenvalue weighted by Gasteiger charge is -2.34. The van der Waals surface area contributed by atoms with Crippen molar-refractivity contribution in [1.82, 2.24) is 14.8 Å². The Kier molecular flexibility index (Phi) is 6.74. The lowest BCUT2D eigenvalue weighted by Crippen LogP contribution is -2.45. The zero-order chi connectivity index (χ0) is 21.6. The second kappa shape index (κ2) is 9.85. The molecule has 1 aromatic heterocycles. The van der Waals surface area contributed by atoms with E-state index >= 15 is 0 Å². The van der Waals surface area contributed by atoms with Gasteiger partial charge < -0.3 is 9.73 Å². The highest BCUT2D eigenvalue weighted by atomic mass is 19.1. The third-order valence-corrected chi connectivity index (χ3v) is 5.53. The molecule has 7 heteroatoms. The molecule has 0 aliphatic carbocycles. The van der Waals surface area contributed by atoms with Gasteiger partial charge in [0.05, 0.1) is 6.54 Å². The topological polar surface area (TPSA) is 61.6 Å². The molecular weight excluding hydrogens is 395 g/mol. The molecule has 31 heavy (non-hydrogen) atoms. The van der Waals surface area contributed by atoms with E-state index in [0.717, 1.165) is 39.1 Å². The summed E-state index contributed by atoms with van der Waals surface area (Å²) in [6.07, 6.45) is 2.41. The number of halogens is 1. The largest absolute Gasteiger partial charge is 0.447 e. The smallest absolute Gasteiger partial charge is 0.277 e. The van der Waals surface area contributed by atoms with Gasteiger partial charge in [0.15, 0.2) is 5.69 Å². The Morgan fingerprint density at radius 2 is 1.71 bits per heavy atom. The molecule has 6 nitrogen and oxygen atoms in total. The predicted molar refractivity (Wildman–Crippen MR) is 117 cm³/mol. The zero-order valence-electron chi connectivity index (χ0n) is 17.7. The van der Waals surface area contributed by atoms with Crippen molar-refractivity contribution < 1.29 is 13.6 Å². The fourth-order valence-corrected chi connectivity index (χ4v) is 3.68. The predicted octanol–water partition coefficient (Wildman–Crippen LogP) is 3.95. The highest BCUT2D eigenvalue weighted by Gasteiger charge is 2.20. The Bertz CT molecular complexity index is 1010. The number of hydrogen-bond acceptors (Lipinski definition) is 5. The first-order valence-corrected chi connectivity index (χ1v) is 10.6. The third kappa shape index (κ3) is 5.77. The van der Waals surface area contributed by atoms with E-state index in [1.165, 1.54) is 29.5 Å². The number of nitrogens with zero attached hydrogens (tertiary/aromatic N) is 3. The minimum absolute atomic E-state index is 0.188. The maximum atomic E-state index is 13.3. The average molecular weight is 423 g/mol. The molecule has 1 aliphatic rings. The molecule has 1 aliphatic heterocycles. The van der Waals surface area contributed by atoms with Gasteiger partial charge in [0.1, 0.15) is 12.1 Å². The minimum Gasteiger partial charge on any atom is -0.447 e. The van der Waals surface area contributed by atoms with Crippen molar-refractivity contribution in [2.45, 2.75) is 26.4 Å². The molecule has 1 fully saturated rings. The van der Waals surface area contributed by atoms with Gasteiger partial charge >= 0.3 is 0 Å². The third-order valence-electron chi connectivity index (χ3n) is 5.53. The van der Waals surface area contributed by atoms with Crippen molar-refractivity contribution in [2.75, 3.05) is 31.5 Å². The number of piperazine rings is 1. The van der Waals surface area contributed by atoms with Gasteiger partial charge in [0, 0.05) is 38.4 Å². The maximum absolute atomic E-state index is 13.3. The number of amides is 1. The molecule has 0 saturated carbocycles. The van der Waals surface area contributed by atoms with Crippen LogP contribution >= 0.6 is 0 Å². The van der Waals surface area contributed by atoms with Crippen LogP contribution in [0.2, 0.25) is 0 Å². The van der Waals surface area contributed by atoms with E-state index in [1.54, 1.807) is 12.1 Å². The molecule has 0 bridgehead atoms. The van der Waals surface area contributed by atoms with E-state index in [1.807, 2.05) is 0 Å². The van der Waals surface area contributed by atoms with Gasteiger partial charge in [-0.15, -0.1) is 0 Å². The number of aromatic nitrogens is 1. The van der Waals surface area contributed by atoms with Crippen molar-refractivity contribution in [3.8, 4) is 0 Å². The van der Waals surface area contributed by atoms with Crippen molar-refractivity contribution in [3.63, 3.8) is 0 Å². The van der Waals surface area contributed by atoms with E-state index in [0.29, 0.717) is 18.1 Å². The monoisotopic (exact) mass is 422 g/mol. The van der Waals surface area contributed by atoms with Gasteiger partial charge in [0.2, 0.25) is 5.89 Å². The zero-order valence-corrected chi connectivity index (χ0v) is 17.7. The molecule has 2 heterocycles. The number of anilines is 1. The van der Waals surface area contributed by atoms with Crippen LogP contribution in [0.25, 0.3) is 0 Å². The Morgan fingerprint density at radius 3 is 2.39 bits per heavy atom. The van der Waals surface area contributed by atoms with Gasteiger partial charge in [-0.1, -0.05) is 37.3 Å². The summed E-state index contributed by atoms with van der Waals surface area (Å²) in [5, 5.41) is 2.63. The highest BCUT2D eigenvalue weighted by Crippen LogP contribution is 2.14. The summed E-state index contributed by atoms with van der Waals surface area (Å²) in [5.74, 6) is -0.316. The second-order valence-corrected chi connectivity index (χ2v) is 7.81. The average Bonchev–Trinajstić information content (AvgIpc) is 3.24. The van der Waals surface area contributed by atoms with Crippen molar-refractivity contribution in [2.24, 2.45) is 0 Å². The molecule has 3 aromatic rings. The molecule has 0 unspecified atom stereocenters. The van der Waals surface area contributed by atoms with Crippen LogP contribution in [-0.2, 0) is 19.5 Å². The van der Waals surface area contributed by atoms with Gasteiger partial charge in [-0.25, -0.2) is 9.37 Å². The number of hydrogen-bond donors (Lipinski definition) is 1. The fourth-order valence-electron chi connectivity index (χ4n) is 3.68. The van der Waals surface area contributed by atoms with Crippen LogP contribution in [0.5, 0.6) is 0 Å². The molecule has 1 amide bonds. The molecule has 0 radical (unpaired) electrons. The summed E-state index contributed by atoms with van der Waals surface area (Å²) < 4.78 is 18.8. The molecule has 162 valence electrons. The van der Waals surface area contributed by atoms with Crippen LogP contribution in [0, 0.1) is 5.82 Å². The summed E-state index contributed by atoms with van der Waals surface area (Å²) in [6.45, 7) is 7.47. The molecule has 0 atom stereocenters. The summed E-state index contributed by atoms with van der Waals surface area (Å²) in [7, 11) is 0. The van der Waals surface area contributed by atoms with E-state index in [9.17, 15) is 9.18 Å². The highest BCUT2D eigenvalue weighted by molar-refractivity contribution is 6.02. The first-order chi connectivity index (χ1) is 15.1. The summed E-state index contributed by atoms with van der Waals surface area (Å²) in [4.78, 5) is 21.3. The summed E-state index contributed by atoms with van der Waals surface area (Å²) >= 11 is 0. The van der Waals surface area contributed by atoms with Crippen LogP contribution in [0.1, 0.15) is 34.4 Å². The van der Waals surface area contributed by atoms with Gasteiger partial charge in [0.25, 0.3) is 5.91 Å². The molecule has 4 rings (SSSR count). The van der Waals surface area contributed by atoms with E-state index in [2.05, 4.69) is 51.3 Å². The van der Waals surface area contributed by atoms with Crippen LogP contribution in [0.4, 0.5) is 10.1 Å². The van der Waals surface area contributed by atoms with Crippen LogP contribution in [0.15, 0.2) is 59.2 Å². The molecule has 1 N–H and O–H groups in total. The number of benzene rings is 2. The lowest BCUT2D eigenvalue weighted by molar-refractivity contribution is 0.102. The standard InChI is InChI=1S/C24H27FN4O2/c1-2-18-6-8-19(9-7-18)15-28-10-12-29(13-11-28)16-23-27-22(17-31-23)24(30)26-21-5-3-4-20(25)14-21/h3-9,14,17H,2,10-13,15-16H2,1H3,(H,26,30). The minimum atomic E-state index is -0.417. The van der Waals surface area contributed by atoms with Crippen LogP contribution < -0.4 is 5.32 Å². The quantitative estimate of drug-likeness (QED) is 0.625. The maximum Gasteiger partial charge on any atom is 0.277 e. The Balaban J connectivity index is 1.25. The van der Waals surface area contributed by atoms with Crippen molar-refractivity contribution >= 4 is 11.6 Å². The van der Waals surface area contributed by atoms with Crippen molar-refractivity contribution in [1.29, 1.82) is 0 Å². The number of nitrogens with one attached hydrogen (secondary N) is 1. The van der Waals surface area contributed by atoms with Crippen LogP contribution in [0.3, 0.4) is 0 Å². The second-order valence-electron chi connectivity index (χ2n) is 7.81. The Hall–Kier alpha value is -3.03. The SMILES string of the molecule is CCc1ccc(CN2CCN(Cc3nc(C(=O)Nc4cccc(F)c4)co3)CC2)cc1. The Labute approximate surface area is 181 Å². The van der Waals surface area contributed by atoms with Gasteiger partial charge in [-0.3, -0.25) is 14.6 Å². The van der Waals surface area contributed by atoms with Crippen LogP contribution in [-0.4, -0.2) is 46.9 Å². The van der Waals surface area contributed by atoms with Crippen molar-refractivity contribution in [3.05, 3.63) is 83.3 Å². The molecule has 0 spiro atoms. The lowest BCUT2D eigenvalue weighted by atomic mass is 10.1. The number of carbonyl (C=O) groups is 1.